The zero-order valence-electron chi connectivity index (χ0n) is 16.9. The van der Waals surface area contributed by atoms with E-state index in [1.165, 1.54) is 16.8 Å². The molecule has 11 heteroatoms. The largest absolute Gasteiger partial charge is 0.493 e. The lowest BCUT2D eigenvalue weighted by Crippen LogP contribution is -2.31. The van der Waals surface area contributed by atoms with Gasteiger partial charge in [-0.2, -0.15) is 0 Å². The standard InChI is InChI=1S/C22H15ClFN5O4/c23-14-2-1-5-25-19(14)12-6-17-21(29-10-26-27-20(12)29)28(22(30)31)7-13-15(24)3-4-16-18(13)11(8-32-16)9-33-17/h1-6,10-11H,7-9H2,(H,30,31)/t11-/m0/s1. The molecule has 0 unspecified atom stereocenters. The number of halogens is 2. The van der Waals surface area contributed by atoms with Crippen molar-refractivity contribution in [3.63, 3.8) is 0 Å². The van der Waals surface area contributed by atoms with Crippen LogP contribution < -0.4 is 14.4 Å². The lowest BCUT2D eigenvalue weighted by Gasteiger charge is -2.23. The summed E-state index contributed by atoms with van der Waals surface area (Å²) in [5.41, 5.74) is 2.19. The number of aromatic nitrogens is 4. The average Bonchev–Trinajstić information content (AvgIpc) is 3.45. The number of hydrogen-bond donors (Lipinski definition) is 1. The Hall–Kier alpha value is -3.92. The van der Waals surface area contributed by atoms with Gasteiger partial charge < -0.3 is 14.6 Å². The first-order valence-electron chi connectivity index (χ1n) is 10.1. The van der Waals surface area contributed by atoms with Crippen LogP contribution in [0.15, 0.2) is 42.9 Å². The van der Waals surface area contributed by atoms with E-state index in [1.807, 2.05) is 0 Å². The van der Waals surface area contributed by atoms with E-state index in [-0.39, 0.29) is 36.2 Å². The molecule has 0 bridgehead atoms. The number of amides is 1. The Balaban J connectivity index is 1.62. The van der Waals surface area contributed by atoms with E-state index in [2.05, 4.69) is 15.2 Å². The van der Waals surface area contributed by atoms with Crippen molar-refractivity contribution in [2.24, 2.45) is 0 Å². The molecule has 3 aromatic heterocycles. The number of pyridine rings is 2. The Bertz CT molecular complexity index is 1440. The van der Waals surface area contributed by atoms with E-state index in [0.29, 0.717) is 39.8 Å². The molecule has 6 rings (SSSR count). The number of carbonyl (C=O) groups is 1. The van der Waals surface area contributed by atoms with E-state index in [0.717, 1.165) is 4.90 Å². The van der Waals surface area contributed by atoms with Gasteiger partial charge in [0.25, 0.3) is 0 Å². The Labute approximate surface area is 191 Å². The van der Waals surface area contributed by atoms with Gasteiger partial charge in [-0.25, -0.2) is 9.18 Å². The van der Waals surface area contributed by atoms with E-state index >= 15 is 0 Å². The highest BCUT2D eigenvalue weighted by Crippen LogP contribution is 2.44. The van der Waals surface area contributed by atoms with Gasteiger partial charge in [-0.05, 0) is 30.3 Å². The highest BCUT2D eigenvalue weighted by Gasteiger charge is 2.35. The van der Waals surface area contributed by atoms with Crippen molar-refractivity contribution in [3.8, 4) is 22.8 Å². The summed E-state index contributed by atoms with van der Waals surface area (Å²) >= 11 is 6.38. The molecule has 2 aliphatic heterocycles. The van der Waals surface area contributed by atoms with Crippen molar-refractivity contribution >= 4 is 29.2 Å². The minimum absolute atomic E-state index is 0.160. The Kier molecular flexibility index (Phi) is 4.37. The molecule has 0 saturated carbocycles. The molecule has 166 valence electrons. The van der Waals surface area contributed by atoms with Crippen molar-refractivity contribution in [3.05, 3.63) is 64.8 Å². The first-order chi connectivity index (χ1) is 16.0. The van der Waals surface area contributed by atoms with Crippen LogP contribution in [0.4, 0.5) is 15.0 Å². The lowest BCUT2D eigenvalue weighted by molar-refractivity contribution is 0.200. The van der Waals surface area contributed by atoms with Crippen molar-refractivity contribution in [1.82, 2.24) is 19.6 Å². The Morgan fingerprint density at radius 2 is 2.03 bits per heavy atom. The minimum atomic E-state index is -1.28. The molecule has 1 amide bonds. The molecule has 0 fully saturated rings. The summed E-state index contributed by atoms with van der Waals surface area (Å²) in [6.45, 7) is 0.229. The summed E-state index contributed by atoms with van der Waals surface area (Å²) in [7, 11) is 0. The number of rotatable bonds is 1. The van der Waals surface area contributed by atoms with Crippen molar-refractivity contribution in [1.29, 1.82) is 0 Å². The molecule has 33 heavy (non-hydrogen) atoms. The minimum Gasteiger partial charge on any atom is -0.493 e. The van der Waals surface area contributed by atoms with Crippen LogP contribution >= 0.6 is 11.6 Å². The van der Waals surface area contributed by atoms with Crippen LogP contribution in [-0.4, -0.2) is 44.0 Å². The summed E-state index contributed by atoms with van der Waals surface area (Å²) in [4.78, 5) is 17.8. The third kappa shape index (κ3) is 2.98. The predicted octanol–water partition coefficient (Wildman–Crippen LogP) is 4.14. The molecule has 0 spiro atoms. The number of hydrogen-bond acceptors (Lipinski definition) is 6. The second-order valence-electron chi connectivity index (χ2n) is 7.73. The average molecular weight is 468 g/mol. The van der Waals surface area contributed by atoms with Gasteiger partial charge in [-0.3, -0.25) is 14.3 Å². The normalized spacial score (nSPS) is 16.8. The Morgan fingerprint density at radius 1 is 1.21 bits per heavy atom. The SMILES string of the molecule is O=C(O)N1Cc2c(F)ccc3c2[C@@H](CO3)COc2cc(-c3ncccc3Cl)c3nncn3c21. The number of fused-ring (bicyclic) bond motifs is 3. The summed E-state index contributed by atoms with van der Waals surface area (Å²) in [5.74, 6) is 0.188. The lowest BCUT2D eigenvalue weighted by atomic mass is 9.95. The van der Waals surface area contributed by atoms with Gasteiger partial charge in [-0.1, -0.05) is 11.6 Å². The molecular formula is C22H15ClFN5O4. The molecule has 9 nitrogen and oxygen atoms in total. The number of ether oxygens (including phenoxy) is 2. The molecule has 0 aliphatic carbocycles. The first kappa shape index (κ1) is 19.7. The fourth-order valence-electron chi connectivity index (χ4n) is 4.42. The Morgan fingerprint density at radius 3 is 2.82 bits per heavy atom. The molecule has 0 radical (unpaired) electrons. The van der Waals surface area contributed by atoms with Gasteiger partial charge in [0.15, 0.2) is 17.2 Å². The third-order valence-corrected chi connectivity index (χ3v) is 6.18. The van der Waals surface area contributed by atoms with E-state index in [1.54, 1.807) is 30.5 Å². The smallest absolute Gasteiger partial charge is 0.413 e. The number of carboxylic acid groups (broad SMARTS) is 1. The maximum absolute atomic E-state index is 14.9. The summed E-state index contributed by atoms with van der Waals surface area (Å²) in [5, 5.41) is 18.6. The molecular weight excluding hydrogens is 453 g/mol. The fourth-order valence-corrected chi connectivity index (χ4v) is 4.64. The summed E-state index contributed by atoms with van der Waals surface area (Å²) < 4.78 is 28.3. The second kappa shape index (κ2) is 7.31. The molecule has 1 N–H and O–H groups in total. The zero-order chi connectivity index (χ0) is 22.7. The fraction of sp³-hybridized carbons (Fsp3) is 0.182. The van der Waals surface area contributed by atoms with Crippen molar-refractivity contribution < 1.29 is 23.8 Å². The predicted molar refractivity (Wildman–Crippen MR) is 116 cm³/mol. The molecule has 0 saturated heterocycles. The topological polar surface area (TPSA) is 102 Å². The van der Waals surface area contributed by atoms with Gasteiger partial charge in [0, 0.05) is 17.3 Å². The van der Waals surface area contributed by atoms with Crippen LogP contribution in [-0.2, 0) is 6.54 Å². The second-order valence-corrected chi connectivity index (χ2v) is 8.14. The first-order valence-corrected chi connectivity index (χ1v) is 10.5. The summed E-state index contributed by atoms with van der Waals surface area (Å²) in [6.07, 6.45) is 1.69. The monoisotopic (exact) mass is 467 g/mol. The van der Waals surface area contributed by atoms with Gasteiger partial charge >= 0.3 is 6.09 Å². The number of anilines is 1. The van der Waals surface area contributed by atoms with Gasteiger partial charge in [0.2, 0.25) is 0 Å². The van der Waals surface area contributed by atoms with Crippen LogP contribution in [0.5, 0.6) is 11.5 Å². The third-order valence-electron chi connectivity index (χ3n) is 5.88. The van der Waals surface area contributed by atoms with Crippen molar-refractivity contribution in [2.75, 3.05) is 18.1 Å². The van der Waals surface area contributed by atoms with Gasteiger partial charge in [-0.15, -0.1) is 10.2 Å². The molecule has 1 aromatic carbocycles. The molecule has 1 atom stereocenters. The maximum atomic E-state index is 14.9. The highest BCUT2D eigenvalue weighted by atomic mass is 35.5. The molecule has 5 heterocycles. The highest BCUT2D eigenvalue weighted by molar-refractivity contribution is 6.33. The van der Waals surface area contributed by atoms with Gasteiger partial charge in [0.05, 0.1) is 42.0 Å². The van der Waals surface area contributed by atoms with E-state index in [4.69, 9.17) is 21.1 Å². The van der Waals surface area contributed by atoms with Crippen LogP contribution in [0.2, 0.25) is 5.02 Å². The summed E-state index contributed by atoms with van der Waals surface area (Å²) in [6, 6.07) is 7.89. The van der Waals surface area contributed by atoms with Crippen LogP contribution in [0.1, 0.15) is 17.0 Å². The molecule has 2 aliphatic rings. The van der Waals surface area contributed by atoms with Crippen LogP contribution in [0, 0.1) is 5.82 Å². The van der Waals surface area contributed by atoms with E-state index in [9.17, 15) is 14.3 Å². The van der Waals surface area contributed by atoms with Gasteiger partial charge in [0.1, 0.15) is 17.9 Å². The van der Waals surface area contributed by atoms with Crippen molar-refractivity contribution in [2.45, 2.75) is 12.5 Å². The zero-order valence-corrected chi connectivity index (χ0v) is 17.7. The quantitative estimate of drug-likeness (QED) is 0.449. The molecule has 4 aromatic rings. The maximum Gasteiger partial charge on any atom is 0.413 e. The number of benzene rings is 1. The van der Waals surface area contributed by atoms with E-state index < -0.39 is 11.9 Å². The number of nitrogens with zero attached hydrogens (tertiary/aromatic N) is 5. The van der Waals surface area contributed by atoms with Crippen LogP contribution in [0.3, 0.4) is 0 Å². The van der Waals surface area contributed by atoms with Crippen LogP contribution in [0.25, 0.3) is 16.9 Å².